The van der Waals surface area contributed by atoms with Crippen molar-refractivity contribution >= 4 is 18.6 Å². The van der Waals surface area contributed by atoms with Crippen molar-refractivity contribution in [1.82, 2.24) is 0 Å². The Morgan fingerprint density at radius 2 is 1.73 bits per heavy atom. The summed E-state index contributed by atoms with van der Waals surface area (Å²) in [5, 5.41) is 0. The van der Waals surface area contributed by atoms with E-state index in [1.54, 1.807) is 0 Å². The maximum atomic E-state index is 11.7. The normalized spacial score (nSPS) is 9.80. The van der Waals surface area contributed by atoms with Gasteiger partial charge in [-0.1, -0.05) is 21.2 Å². The predicted octanol–water partition coefficient (Wildman–Crippen LogP) is 0.971. The molecule has 0 saturated carbocycles. The van der Waals surface area contributed by atoms with Gasteiger partial charge in [-0.15, -0.1) is 0 Å². The SMILES string of the molecule is COC(=O)c1ccc(B(OF)OF)cc1. The predicted molar refractivity (Wildman–Crippen MR) is 47.6 cm³/mol. The van der Waals surface area contributed by atoms with Crippen LogP contribution in [0.4, 0.5) is 9.05 Å². The monoisotopic (exact) mass is 216 g/mol. The maximum Gasteiger partial charge on any atom is 0.568 e. The maximum absolute atomic E-state index is 11.7. The van der Waals surface area contributed by atoms with Crippen LogP contribution in [0.2, 0.25) is 0 Å². The van der Waals surface area contributed by atoms with Crippen LogP contribution in [0.25, 0.3) is 0 Å². The summed E-state index contributed by atoms with van der Waals surface area (Å²) in [5.41, 5.74) is 0.366. The molecule has 1 aromatic rings. The van der Waals surface area contributed by atoms with Gasteiger partial charge in [-0.3, -0.25) is 0 Å². The number of rotatable bonds is 4. The van der Waals surface area contributed by atoms with Gasteiger partial charge in [0.15, 0.2) is 0 Å². The Hall–Kier alpha value is -1.47. The third kappa shape index (κ3) is 2.74. The van der Waals surface area contributed by atoms with E-state index in [9.17, 15) is 13.8 Å². The molecular formula is C8H7BF2O4. The first kappa shape index (κ1) is 11.6. The van der Waals surface area contributed by atoms with Gasteiger partial charge in [0.25, 0.3) is 0 Å². The van der Waals surface area contributed by atoms with Crippen LogP contribution in [0, 0.1) is 0 Å². The molecule has 0 unspecified atom stereocenters. The Labute approximate surface area is 84.7 Å². The van der Waals surface area contributed by atoms with Gasteiger partial charge in [-0.25, -0.2) is 14.5 Å². The van der Waals surface area contributed by atoms with Crippen molar-refractivity contribution in [2.45, 2.75) is 0 Å². The number of carbonyl (C=O) groups is 1. The Balaban J connectivity index is 2.84. The number of benzene rings is 1. The molecule has 0 aliphatic rings. The summed E-state index contributed by atoms with van der Waals surface area (Å²) in [4.78, 5) is 17.4. The van der Waals surface area contributed by atoms with Crippen LogP contribution in [0.5, 0.6) is 0 Å². The van der Waals surface area contributed by atoms with Gasteiger partial charge in [0.1, 0.15) is 0 Å². The summed E-state index contributed by atoms with van der Waals surface area (Å²) >= 11 is 0. The third-order valence-electron chi connectivity index (χ3n) is 1.77. The smallest absolute Gasteiger partial charge is 0.465 e. The molecular weight excluding hydrogens is 209 g/mol. The Morgan fingerprint density at radius 3 is 2.13 bits per heavy atom. The first-order chi connectivity index (χ1) is 7.22. The van der Waals surface area contributed by atoms with Crippen molar-refractivity contribution in [3.8, 4) is 0 Å². The van der Waals surface area contributed by atoms with E-state index in [4.69, 9.17) is 0 Å². The summed E-state index contributed by atoms with van der Waals surface area (Å²) < 4.78 is 27.9. The molecule has 1 aromatic carbocycles. The van der Waals surface area contributed by atoms with Crippen molar-refractivity contribution in [3.05, 3.63) is 29.8 Å². The lowest BCUT2D eigenvalue weighted by Gasteiger charge is -2.03. The minimum absolute atomic E-state index is 0.104. The molecule has 1 rings (SSSR count). The zero-order valence-corrected chi connectivity index (χ0v) is 7.78. The Kier molecular flexibility index (Phi) is 4.20. The molecule has 0 amide bonds. The molecule has 0 heterocycles. The first-order valence-corrected chi connectivity index (χ1v) is 3.96. The van der Waals surface area contributed by atoms with Crippen molar-refractivity contribution in [3.63, 3.8) is 0 Å². The van der Waals surface area contributed by atoms with Crippen LogP contribution in [-0.4, -0.2) is 20.2 Å². The topological polar surface area (TPSA) is 44.8 Å². The summed E-state index contributed by atoms with van der Waals surface area (Å²) in [6.07, 6.45) is 0. The molecule has 7 heteroatoms. The highest BCUT2D eigenvalue weighted by molar-refractivity contribution is 6.60. The number of halogens is 2. The van der Waals surface area contributed by atoms with E-state index >= 15 is 0 Å². The third-order valence-corrected chi connectivity index (χ3v) is 1.77. The van der Waals surface area contributed by atoms with Gasteiger partial charge in [0.2, 0.25) is 0 Å². The highest BCUT2D eigenvalue weighted by Crippen LogP contribution is 2.01. The van der Waals surface area contributed by atoms with Crippen molar-refractivity contribution < 1.29 is 28.3 Å². The molecule has 0 aliphatic carbocycles. The average molecular weight is 216 g/mol. The molecule has 0 bridgehead atoms. The highest BCUT2D eigenvalue weighted by Gasteiger charge is 2.24. The van der Waals surface area contributed by atoms with E-state index in [0.29, 0.717) is 0 Å². The lowest BCUT2D eigenvalue weighted by molar-refractivity contribution is -0.100. The van der Waals surface area contributed by atoms with Gasteiger partial charge in [0, 0.05) is 0 Å². The van der Waals surface area contributed by atoms with Crippen LogP contribution in [0.1, 0.15) is 10.4 Å². The Morgan fingerprint density at radius 1 is 1.20 bits per heavy atom. The molecule has 0 radical (unpaired) electrons. The minimum Gasteiger partial charge on any atom is -0.465 e. The lowest BCUT2D eigenvalue weighted by Crippen LogP contribution is -2.32. The molecule has 0 aromatic heterocycles. The molecule has 0 atom stereocenters. The van der Waals surface area contributed by atoms with Gasteiger partial charge in [-0.05, 0) is 17.6 Å². The van der Waals surface area contributed by atoms with Crippen LogP contribution in [0.15, 0.2) is 24.3 Å². The number of hydrogen-bond donors (Lipinski definition) is 0. The van der Waals surface area contributed by atoms with Crippen LogP contribution >= 0.6 is 0 Å². The van der Waals surface area contributed by atoms with Crippen LogP contribution < -0.4 is 5.46 Å². The molecule has 0 spiro atoms. The van der Waals surface area contributed by atoms with Crippen LogP contribution in [-0.2, 0) is 14.5 Å². The van der Waals surface area contributed by atoms with Gasteiger partial charge in [-0.2, -0.15) is 0 Å². The highest BCUT2D eigenvalue weighted by atomic mass is 19.3. The number of hydrogen-bond acceptors (Lipinski definition) is 4. The quantitative estimate of drug-likeness (QED) is 0.555. The van der Waals surface area contributed by atoms with Crippen molar-refractivity contribution in [1.29, 1.82) is 0 Å². The summed E-state index contributed by atoms with van der Waals surface area (Å²) in [6, 6.07) is 5.25. The number of carbonyl (C=O) groups excluding carboxylic acids is 1. The summed E-state index contributed by atoms with van der Waals surface area (Å²) in [6.45, 7) is 0. The molecule has 4 nitrogen and oxygen atoms in total. The fraction of sp³-hybridized carbons (Fsp3) is 0.125. The molecule has 0 N–H and O–H groups in total. The second-order valence-corrected chi connectivity index (χ2v) is 2.62. The zero-order chi connectivity index (χ0) is 11.3. The van der Waals surface area contributed by atoms with Crippen molar-refractivity contribution in [2.24, 2.45) is 0 Å². The standard InChI is InChI=1S/C8H7BF2O4/c1-13-8(12)6-2-4-7(5-3-6)9(14-10)15-11/h2-5H,1H3. The molecule has 0 saturated heterocycles. The number of methoxy groups -OCH3 is 1. The summed E-state index contributed by atoms with van der Waals surface area (Å²) in [5.74, 6) is -0.541. The zero-order valence-electron chi connectivity index (χ0n) is 7.78. The largest absolute Gasteiger partial charge is 0.568 e. The second kappa shape index (κ2) is 5.42. The number of ether oxygens (including phenoxy) is 1. The van der Waals surface area contributed by atoms with Gasteiger partial charge >= 0.3 is 13.1 Å². The molecule has 0 aliphatic heterocycles. The van der Waals surface area contributed by atoms with E-state index < -0.39 is 13.1 Å². The second-order valence-electron chi connectivity index (χ2n) is 2.62. The van der Waals surface area contributed by atoms with E-state index in [2.05, 4.69) is 14.5 Å². The van der Waals surface area contributed by atoms with Gasteiger partial charge in [0.05, 0.1) is 12.7 Å². The fourth-order valence-electron chi connectivity index (χ4n) is 1.01. The fourth-order valence-corrected chi connectivity index (χ4v) is 1.01. The van der Waals surface area contributed by atoms with E-state index in [-0.39, 0.29) is 11.0 Å². The lowest BCUT2D eigenvalue weighted by atomic mass is 9.80. The Bertz CT molecular complexity index is 326. The van der Waals surface area contributed by atoms with Crippen LogP contribution in [0.3, 0.4) is 0 Å². The average Bonchev–Trinajstić information content (AvgIpc) is 2.30. The minimum atomic E-state index is -1.74. The molecule has 80 valence electrons. The first-order valence-electron chi connectivity index (χ1n) is 3.96. The molecule has 0 fully saturated rings. The van der Waals surface area contributed by atoms with E-state index in [1.807, 2.05) is 0 Å². The molecule has 15 heavy (non-hydrogen) atoms. The van der Waals surface area contributed by atoms with E-state index in [0.717, 1.165) is 0 Å². The van der Waals surface area contributed by atoms with E-state index in [1.165, 1.54) is 31.4 Å². The van der Waals surface area contributed by atoms with Gasteiger partial charge < -0.3 is 4.74 Å². The summed E-state index contributed by atoms with van der Waals surface area (Å²) in [7, 11) is -0.509. The van der Waals surface area contributed by atoms with Crippen molar-refractivity contribution in [2.75, 3.05) is 7.11 Å². The number of esters is 1.